The minimum absolute atomic E-state index is 0. The summed E-state index contributed by atoms with van der Waals surface area (Å²) in [4.78, 5) is 0. The van der Waals surface area contributed by atoms with Gasteiger partial charge in [-0.1, -0.05) is 53.3 Å². The molecule has 25 heavy (non-hydrogen) atoms. The van der Waals surface area contributed by atoms with E-state index in [1.165, 1.54) is 33.1 Å². The third-order valence-corrected chi connectivity index (χ3v) is 3.90. The molecule has 0 saturated heterocycles. The second kappa shape index (κ2) is 13.6. The van der Waals surface area contributed by atoms with Crippen molar-refractivity contribution < 1.29 is 26.8 Å². The molecule has 3 rings (SSSR count). The second-order valence-corrected chi connectivity index (χ2v) is 5.45. The van der Waals surface area contributed by atoms with Gasteiger partial charge < -0.3 is 12.5 Å². The predicted molar refractivity (Wildman–Crippen MR) is 112 cm³/mol. The van der Waals surface area contributed by atoms with Crippen LogP contribution in [0.15, 0.2) is 53.6 Å². The summed E-state index contributed by atoms with van der Waals surface area (Å²) in [5.74, 6) is 0.502. The van der Waals surface area contributed by atoms with Gasteiger partial charge in [-0.2, -0.15) is 0 Å². The number of hydrogen-bond acceptors (Lipinski definition) is 1. The van der Waals surface area contributed by atoms with Crippen molar-refractivity contribution in [2.45, 2.75) is 27.7 Å². The molecule has 1 aliphatic carbocycles. The van der Waals surface area contributed by atoms with Crippen LogP contribution in [0.25, 0.3) is 16.3 Å². The van der Waals surface area contributed by atoms with Gasteiger partial charge in [-0.05, 0) is 26.7 Å². The van der Waals surface area contributed by atoms with Crippen molar-refractivity contribution >= 4 is 41.2 Å². The fourth-order valence-electron chi connectivity index (χ4n) is 2.86. The molecular formula is C21H28Cl2OTi. The maximum absolute atomic E-state index is 7.57. The van der Waals surface area contributed by atoms with Gasteiger partial charge in [-0.3, -0.25) is 0 Å². The first kappa shape index (κ1) is 29.2. The zero-order chi connectivity index (χ0) is 15.4. The van der Waals surface area contributed by atoms with E-state index < -0.39 is 0 Å². The van der Waals surface area contributed by atoms with Crippen LogP contribution in [0.5, 0.6) is 0 Å². The quantitative estimate of drug-likeness (QED) is 0.428. The van der Waals surface area contributed by atoms with Crippen LogP contribution in [0.4, 0.5) is 0 Å². The molecule has 0 saturated carbocycles. The Kier molecular flexibility index (Phi) is 15.9. The number of halogens is 2. The molecule has 2 aromatic carbocycles. The molecule has 0 amide bonds. The molecule has 4 heteroatoms. The van der Waals surface area contributed by atoms with Crippen LogP contribution in [0, 0.1) is 19.4 Å². The normalized spacial score (nSPS) is 14.8. The molecule has 1 N–H and O–H groups in total. The smallest absolute Gasteiger partial charge is 0.397 e. The molecule has 136 valence electrons. The molecule has 0 fully saturated rings. The molecule has 1 nitrogen and oxygen atoms in total. The molecule has 0 bridgehead atoms. The van der Waals surface area contributed by atoms with Crippen molar-refractivity contribution in [3.05, 3.63) is 72.7 Å². The SMILES string of the molecule is CC1=CC(C)C(c2[c-]c3ccccc3cc2)=C1C.CCO.Cl.Cl.[CH3-].[Ti+2]. The topological polar surface area (TPSA) is 20.2 Å². The monoisotopic (exact) mass is 414 g/mol. The fraction of sp³-hybridized carbons (Fsp3) is 0.286. The summed E-state index contributed by atoms with van der Waals surface area (Å²) in [5, 5.41) is 10.0. The molecule has 1 unspecified atom stereocenters. The van der Waals surface area contributed by atoms with Gasteiger partial charge in [0, 0.05) is 6.61 Å². The molecule has 2 aromatic rings. The molecule has 0 aromatic heterocycles. The number of benzene rings is 2. The fourth-order valence-corrected chi connectivity index (χ4v) is 2.86. The van der Waals surface area contributed by atoms with Crippen molar-refractivity contribution in [3.8, 4) is 0 Å². The van der Waals surface area contributed by atoms with Gasteiger partial charge in [-0.15, -0.1) is 60.0 Å². The van der Waals surface area contributed by atoms with E-state index in [0.717, 1.165) is 0 Å². The predicted octanol–water partition coefficient (Wildman–Crippen LogP) is 6.30. The largest absolute Gasteiger partial charge is 2.00 e. The Morgan fingerprint density at radius 2 is 1.60 bits per heavy atom. The zero-order valence-electron chi connectivity index (χ0n) is 15.6. The number of aliphatic hydroxyl groups excluding tert-OH is 1. The van der Waals surface area contributed by atoms with E-state index in [0.29, 0.717) is 5.92 Å². The van der Waals surface area contributed by atoms with Gasteiger partial charge in [0.25, 0.3) is 0 Å². The van der Waals surface area contributed by atoms with Crippen molar-refractivity contribution in [1.29, 1.82) is 0 Å². The Labute approximate surface area is 180 Å². The van der Waals surface area contributed by atoms with Gasteiger partial charge in [0.1, 0.15) is 0 Å². The third kappa shape index (κ3) is 6.92. The maximum Gasteiger partial charge on any atom is 2.00 e. The van der Waals surface area contributed by atoms with E-state index >= 15 is 0 Å². The first-order valence-electron chi connectivity index (χ1n) is 7.50. The molecule has 1 atom stereocenters. The van der Waals surface area contributed by atoms with Crippen molar-refractivity contribution in [1.82, 2.24) is 0 Å². The van der Waals surface area contributed by atoms with Crippen LogP contribution >= 0.6 is 24.8 Å². The Hall–Kier alpha value is -0.566. The number of rotatable bonds is 1. The summed E-state index contributed by atoms with van der Waals surface area (Å²) < 4.78 is 0. The van der Waals surface area contributed by atoms with Crippen LogP contribution in [-0.4, -0.2) is 11.7 Å². The number of fused-ring (bicyclic) bond motifs is 1. The van der Waals surface area contributed by atoms with Crippen molar-refractivity contribution in [2.75, 3.05) is 6.61 Å². The summed E-state index contributed by atoms with van der Waals surface area (Å²) in [6.45, 7) is 8.60. The van der Waals surface area contributed by atoms with E-state index in [4.69, 9.17) is 5.11 Å². The van der Waals surface area contributed by atoms with Gasteiger partial charge in [-0.25, -0.2) is 0 Å². The molecular weight excluding hydrogens is 387 g/mol. The average Bonchev–Trinajstić information content (AvgIpc) is 2.72. The number of allylic oxidation sites excluding steroid dienone is 4. The number of hydrogen-bond donors (Lipinski definition) is 1. The second-order valence-electron chi connectivity index (χ2n) is 5.45. The van der Waals surface area contributed by atoms with Crippen molar-refractivity contribution in [3.63, 3.8) is 0 Å². The van der Waals surface area contributed by atoms with Crippen LogP contribution in [0.3, 0.4) is 0 Å². The summed E-state index contributed by atoms with van der Waals surface area (Å²) in [5.41, 5.74) is 5.48. The standard InChI is InChI=1S/C18H17.C2H6O.CH3.2ClH.Ti/c1-12-10-13(2)18(14(12)3)17-9-8-15-6-4-5-7-16(15)11-17;1-2-3;;;;/h4-10,13H,1-3H3;3H,2H2,1H3;1H3;2*1H;/q-1;;-1;;;+2. The van der Waals surface area contributed by atoms with E-state index in [9.17, 15) is 0 Å². The van der Waals surface area contributed by atoms with E-state index in [-0.39, 0.29) is 60.6 Å². The minimum atomic E-state index is 0. The van der Waals surface area contributed by atoms with Gasteiger partial charge in [0.05, 0.1) is 0 Å². The summed E-state index contributed by atoms with van der Waals surface area (Å²) in [6.07, 6.45) is 2.34. The first-order valence-corrected chi connectivity index (χ1v) is 7.50. The van der Waals surface area contributed by atoms with E-state index in [1.54, 1.807) is 6.92 Å². The molecule has 0 heterocycles. The van der Waals surface area contributed by atoms with Gasteiger partial charge in [0.15, 0.2) is 0 Å². The maximum atomic E-state index is 7.57. The Morgan fingerprint density at radius 1 is 1.04 bits per heavy atom. The van der Waals surface area contributed by atoms with Crippen LogP contribution in [0.2, 0.25) is 0 Å². The van der Waals surface area contributed by atoms with Gasteiger partial charge in [0.2, 0.25) is 0 Å². The molecule has 0 aliphatic heterocycles. The Balaban J connectivity index is -0.000000649. The minimum Gasteiger partial charge on any atom is -0.397 e. The number of aliphatic hydroxyl groups is 1. The molecule has 0 radical (unpaired) electrons. The molecule has 0 spiro atoms. The van der Waals surface area contributed by atoms with Crippen LogP contribution in [0.1, 0.15) is 33.3 Å². The third-order valence-electron chi connectivity index (χ3n) is 3.90. The van der Waals surface area contributed by atoms with Crippen molar-refractivity contribution in [2.24, 2.45) is 5.92 Å². The zero-order valence-corrected chi connectivity index (χ0v) is 18.8. The Morgan fingerprint density at radius 3 is 2.12 bits per heavy atom. The van der Waals surface area contributed by atoms with E-state index in [2.05, 4.69) is 69.3 Å². The molecule has 1 aliphatic rings. The summed E-state index contributed by atoms with van der Waals surface area (Å²) in [7, 11) is 0. The Bertz CT molecular complexity index is 708. The average molecular weight is 415 g/mol. The first-order chi connectivity index (χ1) is 10.1. The van der Waals surface area contributed by atoms with Gasteiger partial charge >= 0.3 is 21.7 Å². The van der Waals surface area contributed by atoms with Crippen LogP contribution < -0.4 is 0 Å². The summed E-state index contributed by atoms with van der Waals surface area (Å²) >= 11 is 0. The van der Waals surface area contributed by atoms with Crippen LogP contribution in [-0.2, 0) is 21.7 Å². The van der Waals surface area contributed by atoms with E-state index in [1.807, 2.05) is 0 Å². The summed E-state index contributed by atoms with van der Waals surface area (Å²) in [6, 6.07) is 16.4.